The van der Waals surface area contributed by atoms with Crippen molar-refractivity contribution in [2.75, 3.05) is 12.3 Å². The fourth-order valence-electron chi connectivity index (χ4n) is 1.69. The van der Waals surface area contributed by atoms with Crippen LogP contribution in [0.5, 0.6) is 0 Å². The summed E-state index contributed by atoms with van der Waals surface area (Å²) in [5.74, 6) is 0.330. The third-order valence-electron chi connectivity index (χ3n) is 2.46. The number of nitrogens with zero attached hydrogens (tertiary/aromatic N) is 1. The summed E-state index contributed by atoms with van der Waals surface area (Å²) in [5.41, 5.74) is 8.35. The summed E-state index contributed by atoms with van der Waals surface area (Å²) in [5, 5.41) is 3.21. The van der Waals surface area contributed by atoms with Gasteiger partial charge in [0.1, 0.15) is 5.82 Å². The summed E-state index contributed by atoms with van der Waals surface area (Å²) in [4.78, 5) is 15.4. The van der Waals surface area contributed by atoms with Gasteiger partial charge in [0, 0.05) is 6.54 Å². The van der Waals surface area contributed by atoms with Gasteiger partial charge >= 0.3 is 0 Å². The van der Waals surface area contributed by atoms with Gasteiger partial charge in [-0.2, -0.15) is 0 Å². The van der Waals surface area contributed by atoms with Gasteiger partial charge in [-0.3, -0.25) is 4.79 Å². The van der Waals surface area contributed by atoms with Crippen molar-refractivity contribution >= 4 is 11.6 Å². The molecule has 0 bridgehead atoms. The molecule has 2 heterocycles. The van der Waals surface area contributed by atoms with Crippen molar-refractivity contribution in [2.24, 2.45) is 0 Å². The van der Waals surface area contributed by atoms with E-state index in [0.717, 1.165) is 30.8 Å². The van der Waals surface area contributed by atoms with Crippen molar-refractivity contribution in [3.05, 3.63) is 22.9 Å². The maximum atomic E-state index is 11.2. The summed E-state index contributed by atoms with van der Waals surface area (Å²) < 4.78 is 0. The Morgan fingerprint density at radius 3 is 3.14 bits per heavy atom. The Morgan fingerprint density at radius 1 is 1.64 bits per heavy atom. The molecule has 1 aliphatic heterocycles. The number of carbonyl (C=O) groups is 1. The second-order valence-electron chi connectivity index (χ2n) is 3.51. The molecule has 4 heteroatoms. The molecule has 4 nitrogen and oxygen atoms in total. The normalized spacial score (nSPS) is 14.9. The Balaban J connectivity index is 2.50. The molecule has 0 spiro atoms. The summed E-state index contributed by atoms with van der Waals surface area (Å²) in [7, 11) is 0. The Hall–Kier alpha value is -1.42. The average molecular weight is 191 g/mol. The molecule has 74 valence electrons. The highest BCUT2D eigenvalue weighted by atomic mass is 16.1. The summed E-state index contributed by atoms with van der Waals surface area (Å²) >= 11 is 0. The molecule has 1 aromatic heterocycles. The largest absolute Gasteiger partial charge is 0.383 e. The number of nitrogens with one attached hydrogen (secondary N) is 1. The highest BCUT2D eigenvalue weighted by Crippen LogP contribution is 2.18. The Kier molecular flexibility index (Phi) is 2.21. The quantitative estimate of drug-likeness (QED) is 0.635. The minimum Gasteiger partial charge on any atom is -0.383 e. The standard InChI is InChI=1S/C10H13N3O/c1-6(14)8-4-7-2-3-12-5-9(7)13-10(8)11/h4,12H,2-3,5H2,1H3,(H2,11,13). The lowest BCUT2D eigenvalue weighted by Gasteiger charge is -2.17. The molecule has 0 radical (unpaired) electrons. The zero-order chi connectivity index (χ0) is 10.1. The SMILES string of the molecule is CC(=O)c1cc2c(nc1N)CNCC2. The van der Waals surface area contributed by atoms with Gasteiger partial charge in [0.15, 0.2) is 5.78 Å². The van der Waals surface area contributed by atoms with Gasteiger partial charge in [-0.05, 0) is 31.5 Å². The molecule has 3 N–H and O–H groups in total. The highest BCUT2D eigenvalue weighted by molar-refractivity contribution is 5.98. The van der Waals surface area contributed by atoms with Crippen LogP contribution in [0.2, 0.25) is 0 Å². The van der Waals surface area contributed by atoms with E-state index in [1.165, 1.54) is 6.92 Å². The predicted octanol–water partition coefficient (Wildman–Crippen LogP) is 0.512. The van der Waals surface area contributed by atoms with Gasteiger partial charge in [-0.25, -0.2) is 4.98 Å². The summed E-state index contributed by atoms with van der Waals surface area (Å²) in [6, 6.07) is 1.88. The van der Waals surface area contributed by atoms with Crippen LogP contribution in [0.15, 0.2) is 6.07 Å². The van der Waals surface area contributed by atoms with E-state index >= 15 is 0 Å². The lowest BCUT2D eigenvalue weighted by molar-refractivity contribution is 0.101. The van der Waals surface area contributed by atoms with Crippen molar-refractivity contribution < 1.29 is 4.79 Å². The fourth-order valence-corrected chi connectivity index (χ4v) is 1.69. The van der Waals surface area contributed by atoms with E-state index < -0.39 is 0 Å². The maximum Gasteiger partial charge on any atom is 0.163 e. The molecule has 0 fully saturated rings. The molecule has 0 aromatic carbocycles. The number of fused-ring (bicyclic) bond motifs is 1. The third kappa shape index (κ3) is 1.48. The van der Waals surface area contributed by atoms with E-state index in [1.54, 1.807) is 0 Å². The number of nitrogen functional groups attached to an aromatic ring is 1. The fraction of sp³-hybridized carbons (Fsp3) is 0.400. The summed E-state index contributed by atoms with van der Waals surface area (Å²) in [6.07, 6.45) is 0.920. The van der Waals surface area contributed by atoms with Crippen LogP contribution in [0.4, 0.5) is 5.82 Å². The zero-order valence-electron chi connectivity index (χ0n) is 8.13. The average Bonchev–Trinajstić information content (AvgIpc) is 2.16. The number of ketones is 1. The van der Waals surface area contributed by atoms with Crippen LogP contribution in [-0.4, -0.2) is 17.3 Å². The number of pyridine rings is 1. The molecule has 0 saturated carbocycles. The van der Waals surface area contributed by atoms with Crippen LogP contribution < -0.4 is 11.1 Å². The lowest BCUT2D eigenvalue weighted by Crippen LogP contribution is -2.25. The maximum absolute atomic E-state index is 11.2. The lowest BCUT2D eigenvalue weighted by atomic mass is 10.0. The number of carbonyl (C=O) groups excluding carboxylic acids is 1. The van der Waals surface area contributed by atoms with Crippen molar-refractivity contribution in [2.45, 2.75) is 19.9 Å². The molecule has 0 atom stereocenters. The van der Waals surface area contributed by atoms with Gasteiger partial charge in [0.05, 0.1) is 11.3 Å². The molecule has 0 aliphatic carbocycles. The van der Waals surface area contributed by atoms with Crippen LogP contribution in [0, 0.1) is 0 Å². The van der Waals surface area contributed by atoms with Gasteiger partial charge in [0.25, 0.3) is 0 Å². The minimum atomic E-state index is -0.0173. The first-order valence-electron chi connectivity index (χ1n) is 4.68. The molecule has 0 unspecified atom stereocenters. The van der Waals surface area contributed by atoms with E-state index in [2.05, 4.69) is 10.3 Å². The van der Waals surface area contributed by atoms with Crippen LogP contribution >= 0.6 is 0 Å². The number of Topliss-reactive ketones (excluding diaryl/α,β-unsaturated/α-hetero) is 1. The third-order valence-corrected chi connectivity index (χ3v) is 2.46. The first-order valence-corrected chi connectivity index (χ1v) is 4.68. The van der Waals surface area contributed by atoms with E-state index in [4.69, 9.17) is 5.73 Å². The van der Waals surface area contributed by atoms with Crippen LogP contribution in [0.3, 0.4) is 0 Å². The second kappa shape index (κ2) is 3.38. The first-order chi connectivity index (χ1) is 6.68. The van der Waals surface area contributed by atoms with Crippen LogP contribution in [0.1, 0.15) is 28.5 Å². The number of hydrogen-bond acceptors (Lipinski definition) is 4. The Bertz CT molecular complexity index is 387. The van der Waals surface area contributed by atoms with Crippen LogP contribution in [0.25, 0.3) is 0 Å². The Morgan fingerprint density at radius 2 is 2.43 bits per heavy atom. The number of aromatic nitrogens is 1. The van der Waals surface area contributed by atoms with Gasteiger partial charge in [-0.1, -0.05) is 0 Å². The zero-order valence-corrected chi connectivity index (χ0v) is 8.13. The molecule has 0 saturated heterocycles. The topological polar surface area (TPSA) is 68.0 Å². The van der Waals surface area contributed by atoms with E-state index in [1.807, 2.05) is 6.07 Å². The Labute approximate surface area is 82.5 Å². The molecular formula is C10H13N3O. The predicted molar refractivity (Wildman–Crippen MR) is 54.1 cm³/mol. The number of hydrogen-bond donors (Lipinski definition) is 2. The smallest absolute Gasteiger partial charge is 0.163 e. The molecule has 1 aliphatic rings. The van der Waals surface area contributed by atoms with Crippen molar-refractivity contribution in [1.82, 2.24) is 10.3 Å². The second-order valence-corrected chi connectivity index (χ2v) is 3.51. The molecule has 1 aromatic rings. The molecule has 14 heavy (non-hydrogen) atoms. The minimum absolute atomic E-state index is 0.0173. The molecule has 0 amide bonds. The van der Waals surface area contributed by atoms with E-state index in [0.29, 0.717) is 11.4 Å². The van der Waals surface area contributed by atoms with Gasteiger partial charge < -0.3 is 11.1 Å². The van der Waals surface area contributed by atoms with Crippen LogP contribution in [-0.2, 0) is 13.0 Å². The first kappa shape index (κ1) is 9.15. The van der Waals surface area contributed by atoms with E-state index in [9.17, 15) is 4.79 Å². The number of nitrogens with two attached hydrogens (primary N) is 1. The monoisotopic (exact) mass is 191 g/mol. The number of rotatable bonds is 1. The molecule has 2 rings (SSSR count). The van der Waals surface area contributed by atoms with Crippen molar-refractivity contribution in [3.63, 3.8) is 0 Å². The molecular weight excluding hydrogens is 178 g/mol. The van der Waals surface area contributed by atoms with Crippen molar-refractivity contribution in [3.8, 4) is 0 Å². The van der Waals surface area contributed by atoms with Gasteiger partial charge in [-0.15, -0.1) is 0 Å². The van der Waals surface area contributed by atoms with Crippen molar-refractivity contribution in [1.29, 1.82) is 0 Å². The van der Waals surface area contributed by atoms with Gasteiger partial charge in [0.2, 0.25) is 0 Å². The summed E-state index contributed by atoms with van der Waals surface area (Å²) in [6.45, 7) is 3.20. The van der Waals surface area contributed by atoms with E-state index in [-0.39, 0.29) is 5.78 Å². The number of anilines is 1. The highest BCUT2D eigenvalue weighted by Gasteiger charge is 2.14.